The molecule has 0 spiro atoms. The van der Waals surface area contributed by atoms with E-state index in [1.807, 2.05) is 18.2 Å². The van der Waals surface area contributed by atoms with Gasteiger partial charge in [-0.25, -0.2) is 0 Å². The molecule has 0 aliphatic carbocycles. The highest BCUT2D eigenvalue weighted by molar-refractivity contribution is 9.10. The lowest BCUT2D eigenvalue weighted by Crippen LogP contribution is -2.08. The molecule has 0 unspecified atom stereocenters. The number of ketones is 1. The largest absolute Gasteiger partial charge is 0.466 e. The first-order valence-corrected chi connectivity index (χ1v) is 7.19. The van der Waals surface area contributed by atoms with Crippen molar-refractivity contribution in [3.63, 3.8) is 0 Å². The summed E-state index contributed by atoms with van der Waals surface area (Å²) in [5.74, 6) is 0.117. The second-order valence-corrected chi connectivity index (χ2v) is 5.32. The van der Waals surface area contributed by atoms with Crippen LogP contribution in [0.25, 0.3) is 11.0 Å². The number of benzene rings is 1. The molecular formula is C15H15BrO4. The summed E-state index contributed by atoms with van der Waals surface area (Å²) in [6, 6.07) is 5.52. The lowest BCUT2D eigenvalue weighted by Gasteiger charge is -2.01. The number of halogens is 1. The normalized spacial score (nSPS) is 10.8. The molecule has 1 aromatic carbocycles. The van der Waals surface area contributed by atoms with Gasteiger partial charge in [0.15, 0.2) is 5.78 Å². The Labute approximate surface area is 125 Å². The number of aryl methyl sites for hydroxylation is 1. The molecule has 0 radical (unpaired) electrons. The monoisotopic (exact) mass is 338 g/mol. The number of fused-ring (bicyclic) bond motifs is 1. The quantitative estimate of drug-likeness (QED) is 0.610. The third kappa shape index (κ3) is 3.10. The Bertz CT molecular complexity index is 657. The third-order valence-electron chi connectivity index (χ3n) is 2.97. The van der Waals surface area contributed by atoms with E-state index in [0.717, 1.165) is 9.86 Å². The first kappa shape index (κ1) is 14.8. The van der Waals surface area contributed by atoms with Crippen LogP contribution in [0.15, 0.2) is 27.1 Å². The lowest BCUT2D eigenvalue weighted by molar-refractivity contribution is -0.143. The fourth-order valence-corrected chi connectivity index (χ4v) is 2.47. The maximum absolute atomic E-state index is 12.3. The second-order valence-electron chi connectivity index (χ2n) is 4.40. The van der Waals surface area contributed by atoms with E-state index in [9.17, 15) is 9.59 Å². The van der Waals surface area contributed by atoms with Crippen LogP contribution in [0.2, 0.25) is 0 Å². The van der Waals surface area contributed by atoms with Gasteiger partial charge in [0, 0.05) is 16.3 Å². The molecule has 0 N–H and O–H groups in total. The van der Waals surface area contributed by atoms with Gasteiger partial charge in [-0.1, -0.05) is 15.9 Å². The van der Waals surface area contributed by atoms with Crippen LogP contribution in [0, 0.1) is 6.92 Å². The van der Waals surface area contributed by atoms with Crippen LogP contribution in [0.4, 0.5) is 0 Å². The van der Waals surface area contributed by atoms with E-state index in [1.165, 1.54) is 0 Å². The van der Waals surface area contributed by atoms with E-state index < -0.39 is 0 Å². The van der Waals surface area contributed by atoms with Crippen molar-refractivity contribution < 1.29 is 18.7 Å². The average molecular weight is 339 g/mol. The van der Waals surface area contributed by atoms with Gasteiger partial charge in [-0.2, -0.15) is 0 Å². The number of carbonyl (C=O) groups excluding carboxylic acids is 2. The Balaban J connectivity index is 2.23. The minimum atomic E-state index is -0.354. The maximum Gasteiger partial charge on any atom is 0.306 e. The van der Waals surface area contributed by atoms with Crippen molar-refractivity contribution >= 4 is 38.7 Å². The summed E-state index contributed by atoms with van der Waals surface area (Å²) in [7, 11) is 0. The first-order chi connectivity index (χ1) is 9.52. The predicted octanol–water partition coefficient (Wildman–Crippen LogP) is 4.03. The van der Waals surface area contributed by atoms with Crippen LogP contribution < -0.4 is 0 Å². The summed E-state index contributed by atoms with van der Waals surface area (Å²) in [4.78, 5) is 23.6. The molecule has 1 heterocycles. The molecule has 0 saturated carbocycles. The molecule has 2 rings (SSSR count). The molecule has 0 fully saturated rings. The molecule has 0 saturated heterocycles. The highest BCUT2D eigenvalue weighted by atomic mass is 79.9. The number of furan rings is 1. The standard InChI is InChI=1S/C15H15BrO4/c1-3-19-14(18)7-5-12(17)15-9(2)20-13-6-4-10(16)8-11(13)15/h4,6,8H,3,5,7H2,1-2H3. The van der Waals surface area contributed by atoms with Crippen LogP contribution in [0.1, 0.15) is 35.9 Å². The van der Waals surface area contributed by atoms with Gasteiger partial charge in [0.2, 0.25) is 0 Å². The second kappa shape index (κ2) is 6.22. The molecule has 1 aromatic heterocycles. The van der Waals surface area contributed by atoms with E-state index in [-0.39, 0.29) is 24.6 Å². The van der Waals surface area contributed by atoms with Crippen molar-refractivity contribution in [2.24, 2.45) is 0 Å². The molecule has 2 aromatic rings. The highest BCUT2D eigenvalue weighted by Gasteiger charge is 2.19. The topological polar surface area (TPSA) is 56.5 Å². The minimum absolute atomic E-state index is 0.0901. The van der Waals surface area contributed by atoms with Gasteiger partial charge >= 0.3 is 5.97 Å². The number of ether oxygens (including phenoxy) is 1. The van der Waals surface area contributed by atoms with Crippen LogP contribution in [-0.4, -0.2) is 18.4 Å². The van der Waals surface area contributed by atoms with Crippen molar-refractivity contribution in [2.45, 2.75) is 26.7 Å². The number of Topliss-reactive ketones (excluding diaryl/α,β-unsaturated/α-hetero) is 1. The molecule has 5 heteroatoms. The number of hydrogen-bond donors (Lipinski definition) is 0. The fraction of sp³-hybridized carbons (Fsp3) is 0.333. The van der Waals surface area contributed by atoms with Gasteiger partial charge in [-0.3, -0.25) is 9.59 Å². The Morgan fingerprint density at radius 3 is 2.75 bits per heavy atom. The van der Waals surface area contributed by atoms with Gasteiger partial charge in [-0.15, -0.1) is 0 Å². The van der Waals surface area contributed by atoms with E-state index in [0.29, 0.717) is 23.5 Å². The summed E-state index contributed by atoms with van der Waals surface area (Å²) in [5, 5.41) is 0.769. The number of esters is 1. The van der Waals surface area contributed by atoms with E-state index in [4.69, 9.17) is 9.15 Å². The summed E-state index contributed by atoms with van der Waals surface area (Å²) >= 11 is 3.38. The Hall–Kier alpha value is -1.62. The summed E-state index contributed by atoms with van der Waals surface area (Å²) < 4.78 is 11.3. The SMILES string of the molecule is CCOC(=O)CCC(=O)c1c(C)oc2ccc(Br)cc12. The van der Waals surface area contributed by atoms with Crippen molar-refractivity contribution in [1.82, 2.24) is 0 Å². The molecule has 20 heavy (non-hydrogen) atoms. The van der Waals surface area contributed by atoms with Gasteiger partial charge in [-0.05, 0) is 32.0 Å². The molecule has 0 aliphatic rings. The molecule has 4 nitrogen and oxygen atoms in total. The predicted molar refractivity (Wildman–Crippen MR) is 78.8 cm³/mol. The van der Waals surface area contributed by atoms with Crippen LogP contribution in [0.5, 0.6) is 0 Å². The van der Waals surface area contributed by atoms with Crippen molar-refractivity contribution in [1.29, 1.82) is 0 Å². The lowest BCUT2D eigenvalue weighted by atomic mass is 10.0. The number of hydrogen-bond acceptors (Lipinski definition) is 4. The fourth-order valence-electron chi connectivity index (χ4n) is 2.11. The van der Waals surface area contributed by atoms with Gasteiger partial charge in [0.25, 0.3) is 0 Å². The zero-order valence-electron chi connectivity index (χ0n) is 11.4. The summed E-state index contributed by atoms with van der Waals surface area (Å²) in [6.45, 7) is 3.82. The molecular weight excluding hydrogens is 324 g/mol. The van der Waals surface area contributed by atoms with Crippen molar-refractivity contribution in [2.75, 3.05) is 6.61 Å². The average Bonchev–Trinajstić information content (AvgIpc) is 2.72. The Morgan fingerprint density at radius 1 is 1.30 bits per heavy atom. The van der Waals surface area contributed by atoms with Gasteiger partial charge < -0.3 is 9.15 Å². The summed E-state index contributed by atoms with van der Waals surface area (Å²) in [6.07, 6.45) is 0.216. The molecule has 106 valence electrons. The number of rotatable bonds is 5. The van der Waals surface area contributed by atoms with Crippen molar-refractivity contribution in [3.05, 3.63) is 34.0 Å². The molecule has 0 aliphatic heterocycles. The highest BCUT2D eigenvalue weighted by Crippen LogP contribution is 2.29. The Kier molecular flexibility index (Phi) is 4.60. The maximum atomic E-state index is 12.3. The van der Waals surface area contributed by atoms with Crippen molar-refractivity contribution in [3.8, 4) is 0 Å². The van der Waals surface area contributed by atoms with Gasteiger partial charge in [0.05, 0.1) is 18.6 Å². The smallest absolute Gasteiger partial charge is 0.306 e. The molecule has 0 bridgehead atoms. The van der Waals surface area contributed by atoms with Crippen LogP contribution in [-0.2, 0) is 9.53 Å². The van der Waals surface area contributed by atoms with E-state index in [1.54, 1.807) is 13.8 Å². The zero-order chi connectivity index (χ0) is 14.7. The molecule has 0 amide bonds. The minimum Gasteiger partial charge on any atom is -0.466 e. The number of carbonyl (C=O) groups is 2. The van der Waals surface area contributed by atoms with Crippen LogP contribution >= 0.6 is 15.9 Å². The first-order valence-electron chi connectivity index (χ1n) is 6.40. The molecule has 0 atom stereocenters. The van der Waals surface area contributed by atoms with Gasteiger partial charge in [0.1, 0.15) is 11.3 Å². The zero-order valence-corrected chi connectivity index (χ0v) is 13.0. The third-order valence-corrected chi connectivity index (χ3v) is 3.46. The summed E-state index contributed by atoms with van der Waals surface area (Å²) in [5.41, 5.74) is 1.22. The Morgan fingerprint density at radius 2 is 2.05 bits per heavy atom. The van der Waals surface area contributed by atoms with E-state index in [2.05, 4.69) is 15.9 Å². The van der Waals surface area contributed by atoms with Crippen LogP contribution in [0.3, 0.4) is 0 Å². The van der Waals surface area contributed by atoms with E-state index >= 15 is 0 Å².